The lowest BCUT2D eigenvalue weighted by Crippen LogP contribution is -2.41. The van der Waals surface area contributed by atoms with Crippen LogP contribution in [0.15, 0.2) is 24.3 Å². The fourth-order valence-corrected chi connectivity index (χ4v) is 2.11. The number of rotatable bonds is 8. The van der Waals surface area contributed by atoms with Crippen LogP contribution >= 0.6 is 22.6 Å². The molecule has 1 unspecified atom stereocenters. The number of hydrogen-bond donors (Lipinski definition) is 2. The zero-order valence-corrected chi connectivity index (χ0v) is 13.2. The minimum absolute atomic E-state index is 0.232. The molecule has 0 amide bonds. The number of unbranched alkanes of at least 4 members (excludes halogenated alkanes) is 1. The monoisotopic (exact) mass is 377 g/mol. The van der Waals surface area contributed by atoms with E-state index >= 15 is 0 Å². The second-order valence-electron chi connectivity index (χ2n) is 4.30. The topological polar surface area (TPSA) is 58.6 Å². The van der Waals surface area contributed by atoms with Crippen LogP contribution in [0.1, 0.15) is 18.4 Å². The molecule has 0 aliphatic rings. The van der Waals surface area contributed by atoms with Crippen LogP contribution in [-0.2, 0) is 16.0 Å². The van der Waals surface area contributed by atoms with E-state index in [2.05, 4.69) is 56.9 Å². The highest BCUT2D eigenvalue weighted by molar-refractivity contribution is 14.1. The summed E-state index contributed by atoms with van der Waals surface area (Å²) < 4.78 is 5.82. The molecule has 1 atom stereocenters. The predicted molar refractivity (Wildman–Crippen MR) is 83.0 cm³/mol. The van der Waals surface area contributed by atoms with E-state index in [1.54, 1.807) is 0 Å². The van der Waals surface area contributed by atoms with Gasteiger partial charge in [-0.1, -0.05) is 12.1 Å². The predicted octanol–water partition coefficient (Wildman–Crippen LogP) is 1.74. The summed E-state index contributed by atoms with van der Waals surface area (Å²) >= 11 is 2.29. The quantitative estimate of drug-likeness (QED) is 0.412. The molecule has 19 heavy (non-hydrogen) atoms. The van der Waals surface area contributed by atoms with E-state index in [1.807, 2.05) is 0 Å². The highest BCUT2D eigenvalue weighted by Crippen LogP contribution is 2.09. The maximum Gasteiger partial charge on any atom is 0.325 e. The van der Waals surface area contributed by atoms with Gasteiger partial charge in [-0.2, -0.15) is 0 Å². The lowest BCUT2D eigenvalue weighted by atomic mass is 10.1. The number of carbonyl (C=O) groups is 1. The highest BCUT2D eigenvalue weighted by atomic mass is 127. The first-order valence-corrected chi connectivity index (χ1v) is 7.41. The number of carbonyl (C=O) groups excluding carboxylic acids is 1. The molecule has 0 aliphatic heterocycles. The van der Waals surface area contributed by atoms with Crippen molar-refractivity contribution < 1.29 is 14.6 Å². The van der Waals surface area contributed by atoms with Gasteiger partial charge in [-0.15, -0.1) is 0 Å². The molecule has 0 spiro atoms. The van der Waals surface area contributed by atoms with Crippen LogP contribution in [0.5, 0.6) is 0 Å². The van der Waals surface area contributed by atoms with Crippen LogP contribution in [0.3, 0.4) is 0 Å². The summed E-state index contributed by atoms with van der Waals surface area (Å²) in [5.41, 5.74) is 1.33. The number of esters is 1. The number of nitrogens with one attached hydrogen (secondary N) is 1. The number of methoxy groups -OCH3 is 1. The number of aliphatic hydroxyl groups is 1. The molecular formula is C14H20INO3. The molecule has 0 heterocycles. The summed E-state index contributed by atoms with van der Waals surface area (Å²) in [4.78, 5) is 11.2. The first-order valence-electron chi connectivity index (χ1n) is 6.34. The van der Waals surface area contributed by atoms with Crippen molar-refractivity contribution in [3.05, 3.63) is 33.4 Å². The smallest absolute Gasteiger partial charge is 0.325 e. The van der Waals surface area contributed by atoms with Gasteiger partial charge in [0.05, 0.1) is 13.7 Å². The SMILES string of the molecule is COC(=O)C(CO)NCCCCc1ccc(I)cc1. The van der Waals surface area contributed by atoms with Gasteiger partial charge in [-0.25, -0.2) is 0 Å². The fraction of sp³-hybridized carbons (Fsp3) is 0.500. The molecule has 5 heteroatoms. The van der Waals surface area contributed by atoms with Gasteiger partial charge in [0.15, 0.2) is 0 Å². The van der Waals surface area contributed by atoms with E-state index in [4.69, 9.17) is 5.11 Å². The Morgan fingerprint density at radius 2 is 2.05 bits per heavy atom. The molecule has 0 saturated carbocycles. The lowest BCUT2D eigenvalue weighted by Gasteiger charge is -2.13. The zero-order valence-electron chi connectivity index (χ0n) is 11.1. The van der Waals surface area contributed by atoms with E-state index in [-0.39, 0.29) is 6.61 Å². The number of aryl methyl sites for hydroxylation is 1. The van der Waals surface area contributed by atoms with Gasteiger partial charge in [0, 0.05) is 3.57 Å². The third-order valence-corrected chi connectivity index (χ3v) is 3.58. The Morgan fingerprint density at radius 1 is 1.37 bits per heavy atom. The third-order valence-electron chi connectivity index (χ3n) is 2.86. The van der Waals surface area contributed by atoms with Crippen LogP contribution in [0.4, 0.5) is 0 Å². The molecular weight excluding hydrogens is 357 g/mol. The van der Waals surface area contributed by atoms with E-state index in [1.165, 1.54) is 16.2 Å². The minimum atomic E-state index is -0.608. The number of halogens is 1. The Bertz CT molecular complexity index is 381. The van der Waals surface area contributed by atoms with E-state index in [0.29, 0.717) is 6.54 Å². The number of aliphatic hydroxyl groups excluding tert-OH is 1. The molecule has 0 aromatic heterocycles. The Hall–Kier alpha value is -0.660. The Labute approximate surface area is 127 Å². The third kappa shape index (κ3) is 6.35. The second kappa shape index (κ2) is 9.28. The molecule has 1 rings (SSSR count). The summed E-state index contributed by atoms with van der Waals surface area (Å²) in [5, 5.41) is 12.0. The van der Waals surface area contributed by atoms with Gasteiger partial charge < -0.3 is 15.2 Å². The Balaban J connectivity index is 2.17. The van der Waals surface area contributed by atoms with Gasteiger partial charge in [0.2, 0.25) is 0 Å². The molecule has 2 N–H and O–H groups in total. The first kappa shape index (κ1) is 16.4. The standard InChI is InChI=1S/C14H20INO3/c1-19-14(18)13(10-17)16-9-3-2-4-11-5-7-12(15)8-6-11/h5-8,13,16-17H,2-4,9-10H2,1H3. The summed E-state index contributed by atoms with van der Waals surface area (Å²) in [7, 11) is 1.32. The average molecular weight is 377 g/mol. The van der Waals surface area contributed by atoms with Crippen molar-refractivity contribution in [3.8, 4) is 0 Å². The largest absolute Gasteiger partial charge is 0.468 e. The Morgan fingerprint density at radius 3 is 2.63 bits per heavy atom. The van der Waals surface area contributed by atoms with Gasteiger partial charge in [-0.3, -0.25) is 4.79 Å². The van der Waals surface area contributed by atoms with E-state index in [9.17, 15) is 4.79 Å². The molecule has 0 aliphatic carbocycles. The maximum atomic E-state index is 11.2. The van der Waals surface area contributed by atoms with Crippen LogP contribution in [0.25, 0.3) is 0 Å². The first-order chi connectivity index (χ1) is 9.17. The zero-order chi connectivity index (χ0) is 14.1. The van der Waals surface area contributed by atoms with Crippen LogP contribution in [0.2, 0.25) is 0 Å². The molecule has 1 aromatic carbocycles. The molecule has 1 aromatic rings. The number of ether oxygens (including phenoxy) is 1. The number of benzene rings is 1. The van der Waals surface area contributed by atoms with Crippen LogP contribution < -0.4 is 5.32 Å². The summed E-state index contributed by atoms with van der Waals surface area (Å²) in [6.45, 7) is 0.467. The maximum absolute atomic E-state index is 11.2. The van der Waals surface area contributed by atoms with Crippen LogP contribution in [0, 0.1) is 3.57 Å². The van der Waals surface area contributed by atoms with Gasteiger partial charge in [0.25, 0.3) is 0 Å². The van der Waals surface area contributed by atoms with Crippen LogP contribution in [-0.4, -0.2) is 37.4 Å². The minimum Gasteiger partial charge on any atom is -0.468 e. The number of hydrogen-bond acceptors (Lipinski definition) is 4. The second-order valence-corrected chi connectivity index (χ2v) is 5.54. The van der Waals surface area contributed by atoms with E-state index in [0.717, 1.165) is 19.3 Å². The molecule has 0 radical (unpaired) electrons. The molecule has 106 valence electrons. The fourth-order valence-electron chi connectivity index (χ4n) is 1.75. The molecule has 0 bridgehead atoms. The highest BCUT2D eigenvalue weighted by Gasteiger charge is 2.16. The van der Waals surface area contributed by atoms with Crippen molar-refractivity contribution in [3.63, 3.8) is 0 Å². The van der Waals surface area contributed by atoms with Crippen molar-refractivity contribution in [2.24, 2.45) is 0 Å². The van der Waals surface area contributed by atoms with Crippen molar-refractivity contribution in [2.75, 3.05) is 20.3 Å². The van der Waals surface area contributed by atoms with Crippen molar-refractivity contribution in [1.29, 1.82) is 0 Å². The van der Waals surface area contributed by atoms with Crippen molar-refractivity contribution >= 4 is 28.6 Å². The Kier molecular flexibility index (Phi) is 8.00. The van der Waals surface area contributed by atoms with Gasteiger partial charge >= 0.3 is 5.97 Å². The van der Waals surface area contributed by atoms with E-state index < -0.39 is 12.0 Å². The summed E-state index contributed by atoms with van der Waals surface area (Å²) in [6.07, 6.45) is 3.03. The van der Waals surface area contributed by atoms with Gasteiger partial charge in [0.1, 0.15) is 6.04 Å². The molecule has 0 fully saturated rings. The van der Waals surface area contributed by atoms with Crippen molar-refractivity contribution in [1.82, 2.24) is 5.32 Å². The molecule has 4 nitrogen and oxygen atoms in total. The lowest BCUT2D eigenvalue weighted by molar-refractivity contribution is -0.144. The average Bonchev–Trinajstić information content (AvgIpc) is 2.44. The normalized spacial score (nSPS) is 12.2. The summed E-state index contributed by atoms with van der Waals surface area (Å²) in [5.74, 6) is -0.417. The van der Waals surface area contributed by atoms with Crippen molar-refractivity contribution in [2.45, 2.75) is 25.3 Å². The van der Waals surface area contributed by atoms with Gasteiger partial charge in [-0.05, 0) is 66.1 Å². The molecule has 0 saturated heterocycles. The summed E-state index contributed by atoms with van der Waals surface area (Å²) in [6, 6.07) is 7.88.